The molecule has 1 fully saturated rings. The lowest BCUT2D eigenvalue weighted by Crippen LogP contribution is -2.59. The average Bonchev–Trinajstić information content (AvgIpc) is 3.13. The Labute approximate surface area is 303 Å². The Hall–Kier alpha value is -3.90. The highest BCUT2D eigenvalue weighted by Gasteiger charge is 2.44. The fraction of sp³-hybridized carbons (Fsp3) is 0.463. The van der Waals surface area contributed by atoms with Gasteiger partial charge in [-0.05, 0) is 38.5 Å². The first-order chi connectivity index (χ1) is 24.8. The summed E-state index contributed by atoms with van der Waals surface area (Å²) in [7, 11) is 0. The highest BCUT2D eigenvalue weighted by atomic mass is 16.7. The van der Waals surface area contributed by atoms with Crippen molar-refractivity contribution in [3.05, 3.63) is 122 Å². The molecule has 0 spiro atoms. The molecule has 0 radical (unpaired) electrons. The Kier molecular flexibility index (Phi) is 27.3. The molecule has 0 aromatic heterocycles. The summed E-state index contributed by atoms with van der Waals surface area (Å²) in [5.41, 5.74) is 0. The summed E-state index contributed by atoms with van der Waals surface area (Å²) in [5.74, 6) is -1.00. The van der Waals surface area contributed by atoms with Crippen LogP contribution in [0.5, 0.6) is 0 Å². The third-order valence-corrected chi connectivity index (χ3v) is 7.10. The van der Waals surface area contributed by atoms with Gasteiger partial charge in [0.25, 0.3) is 0 Å². The zero-order chi connectivity index (χ0) is 37.4. The van der Waals surface area contributed by atoms with Crippen molar-refractivity contribution in [2.75, 3.05) is 19.8 Å². The van der Waals surface area contributed by atoms with E-state index < -0.39 is 55.4 Å². The van der Waals surface area contributed by atoms with Crippen LogP contribution in [0.2, 0.25) is 0 Å². The van der Waals surface area contributed by atoms with Gasteiger partial charge in [-0.15, -0.1) is 0 Å². The fourth-order valence-electron chi connectivity index (χ4n) is 4.30. The van der Waals surface area contributed by atoms with Crippen LogP contribution >= 0.6 is 0 Å². The lowest BCUT2D eigenvalue weighted by molar-refractivity contribution is -0.305. The number of ether oxygens (including phenoxy) is 4. The van der Waals surface area contributed by atoms with E-state index in [9.17, 15) is 30.0 Å². The molecule has 10 nitrogen and oxygen atoms in total. The van der Waals surface area contributed by atoms with Crippen LogP contribution in [0.15, 0.2) is 122 Å². The third kappa shape index (κ3) is 23.2. The van der Waals surface area contributed by atoms with E-state index in [0.717, 1.165) is 12.8 Å². The van der Waals surface area contributed by atoms with E-state index in [1.165, 1.54) is 0 Å². The summed E-state index contributed by atoms with van der Waals surface area (Å²) in [4.78, 5) is 25.1. The van der Waals surface area contributed by atoms with Crippen LogP contribution in [0.1, 0.15) is 65.2 Å². The smallest absolute Gasteiger partial charge is 0.306 e. The minimum absolute atomic E-state index is 0.109. The second-order valence-corrected chi connectivity index (χ2v) is 11.4. The maximum absolute atomic E-state index is 12.6. The molecule has 3 unspecified atom stereocenters. The van der Waals surface area contributed by atoms with Crippen LogP contribution in [-0.4, -0.2) is 89.0 Å². The summed E-state index contributed by atoms with van der Waals surface area (Å²) in [6.45, 7) is 2.92. The van der Waals surface area contributed by atoms with Gasteiger partial charge in [0.2, 0.25) is 0 Å². The van der Waals surface area contributed by atoms with Crippen LogP contribution in [-0.2, 0) is 28.5 Å². The van der Waals surface area contributed by atoms with Gasteiger partial charge in [0, 0.05) is 12.8 Å². The minimum Gasteiger partial charge on any atom is -0.462 e. The maximum atomic E-state index is 12.6. The van der Waals surface area contributed by atoms with Gasteiger partial charge in [-0.3, -0.25) is 9.59 Å². The summed E-state index contributed by atoms with van der Waals surface area (Å²) in [6, 6.07) is 0. The monoisotopic (exact) mass is 710 g/mol. The van der Waals surface area contributed by atoms with Crippen molar-refractivity contribution in [1.82, 2.24) is 0 Å². The molecule has 0 bridgehead atoms. The molecule has 0 saturated carbocycles. The van der Waals surface area contributed by atoms with Crippen molar-refractivity contribution in [1.29, 1.82) is 0 Å². The van der Waals surface area contributed by atoms with Crippen molar-refractivity contribution in [3.63, 3.8) is 0 Å². The number of hydrogen-bond donors (Lipinski definition) is 4. The number of rotatable bonds is 25. The van der Waals surface area contributed by atoms with Crippen LogP contribution in [0.3, 0.4) is 0 Å². The Morgan fingerprint density at radius 2 is 1.06 bits per heavy atom. The van der Waals surface area contributed by atoms with Crippen molar-refractivity contribution in [2.24, 2.45) is 0 Å². The standard InChI is InChI=1S/C41H58O10/c1-3-5-7-9-11-13-15-17-19-21-23-25-27-29-36(43)48-32-34(33-49-41-40(47)39(46)38(45)35(31-42)51-41)50-37(44)30-28-26-24-22-20-18-16-14-12-10-8-6-4-2/h5-24,34-35,38-42,45-47H,3-4,25-33H2,1-2H3/b7-5+,8-6+,11-9+,12-10+,15-13+,16-14+,19-17+,20-18+,23-21+,24-22+/t34?,35-,38+,39?,40?,41-/m0/s1. The van der Waals surface area contributed by atoms with E-state index in [1.807, 2.05) is 109 Å². The zero-order valence-corrected chi connectivity index (χ0v) is 30.0. The van der Waals surface area contributed by atoms with Crippen molar-refractivity contribution < 1.29 is 49.0 Å². The second kappa shape index (κ2) is 30.9. The topological polar surface area (TPSA) is 152 Å². The van der Waals surface area contributed by atoms with Crippen molar-refractivity contribution in [2.45, 2.75) is 102 Å². The Bertz CT molecular complexity index is 1230. The summed E-state index contributed by atoms with van der Waals surface area (Å²) in [6.07, 6.45) is 35.2. The summed E-state index contributed by atoms with van der Waals surface area (Å²) >= 11 is 0. The van der Waals surface area contributed by atoms with Gasteiger partial charge in [0.1, 0.15) is 31.0 Å². The average molecular weight is 711 g/mol. The molecule has 0 aliphatic carbocycles. The van der Waals surface area contributed by atoms with Gasteiger partial charge in [-0.1, -0.05) is 135 Å². The molecule has 0 amide bonds. The Morgan fingerprint density at radius 1 is 0.608 bits per heavy atom. The van der Waals surface area contributed by atoms with Crippen molar-refractivity contribution in [3.8, 4) is 0 Å². The van der Waals surface area contributed by atoms with E-state index in [1.54, 1.807) is 0 Å². The van der Waals surface area contributed by atoms with Crippen LogP contribution in [0.25, 0.3) is 0 Å². The SMILES string of the molecule is CC/C=C/C=C/C=C/C=C/C=C/CCCC(=O)OCC(CO[C@H]1O[C@@H](CO)[C@@H](O)C(O)C1O)OC(=O)CCC/C=C/C=C/C=C/C=C/C=C/CC. The lowest BCUT2D eigenvalue weighted by Gasteiger charge is -2.39. The van der Waals surface area contributed by atoms with E-state index >= 15 is 0 Å². The van der Waals surface area contributed by atoms with Crippen molar-refractivity contribution >= 4 is 11.9 Å². The van der Waals surface area contributed by atoms with Gasteiger partial charge in [0.05, 0.1) is 13.2 Å². The zero-order valence-electron chi connectivity index (χ0n) is 30.0. The van der Waals surface area contributed by atoms with E-state index in [0.29, 0.717) is 25.7 Å². The maximum Gasteiger partial charge on any atom is 0.306 e. The van der Waals surface area contributed by atoms with E-state index in [2.05, 4.69) is 26.0 Å². The fourth-order valence-corrected chi connectivity index (χ4v) is 4.30. The van der Waals surface area contributed by atoms with E-state index in [-0.39, 0.29) is 26.1 Å². The molecule has 6 atom stereocenters. The van der Waals surface area contributed by atoms with Crippen LogP contribution in [0.4, 0.5) is 0 Å². The second-order valence-electron chi connectivity index (χ2n) is 11.4. The molecule has 0 aromatic carbocycles. The van der Waals surface area contributed by atoms with Gasteiger partial charge in [-0.25, -0.2) is 0 Å². The highest BCUT2D eigenvalue weighted by molar-refractivity contribution is 5.70. The largest absolute Gasteiger partial charge is 0.462 e. The molecule has 1 aliphatic rings. The third-order valence-electron chi connectivity index (χ3n) is 7.10. The molecule has 282 valence electrons. The molecule has 51 heavy (non-hydrogen) atoms. The number of aliphatic hydroxyl groups excluding tert-OH is 4. The molecule has 1 heterocycles. The molecule has 0 aromatic rings. The molecule has 1 aliphatic heterocycles. The van der Waals surface area contributed by atoms with Gasteiger partial charge >= 0.3 is 11.9 Å². The number of carbonyl (C=O) groups excluding carboxylic acids is 2. The number of allylic oxidation sites excluding steroid dienone is 20. The van der Waals surface area contributed by atoms with Gasteiger partial charge in [0.15, 0.2) is 12.4 Å². The molecule has 4 N–H and O–H groups in total. The first-order valence-electron chi connectivity index (χ1n) is 17.7. The number of carbonyl (C=O) groups is 2. The highest BCUT2D eigenvalue weighted by Crippen LogP contribution is 2.22. The predicted molar refractivity (Wildman–Crippen MR) is 200 cm³/mol. The van der Waals surface area contributed by atoms with E-state index in [4.69, 9.17) is 18.9 Å². The molecule has 10 heteroatoms. The minimum atomic E-state index is -1.63. The first-order valence-corrected chi connectivity index (χ1v) is 17.7. The number of aliphatic hydroxyl groups is 4. The molecule has 1 saturated heterocycles. The van der Waals surface area contributed by atoms with Crippen LogP contribution < -0.4 is 0 Å². The Morgan fingerprint density at radius 3 is 1.53 bits per heavy atom. The number of esters is 2. The van der Waals surface area contributed by atoms with Crippen LogP contribution in [0, 0.1) is 0 Å². The molecule has 1 rings (SSSR count). The summed E-state index contributed by atoms with van der Waals surface area (Å²) < 4.78 is 21.8. The van der Waals surface area contributed by atoms with Gasteiger partial charge in [-0.2, -0.15) is 0 Å². The predicted octanol–water partition coefficient (Wildman–Crippen LogP) is 5.98. The molecular formula is C41H58O10. The van der Waals surface area contributed by atoms with Gasteiger partial charge < -0.3 is 39.4 Å². The quantitative estimate of drug-likeness (QED) is 0.0506. The number of unbranched alkanes of at least 4 members (excludes halogenated alkanes) is 2. The Balaban J connectivity index is 2.58. The molecular weight excluding hydrogens is 652 g/mol. The lowest BCUT2D eigenvalue weighted by atomic mass is 9.99. The summed E-state index contributed by atoms with van der Waals surface area (Å²) in [5, 5.41) is 39.8. The number of hydrogen-bond acceptors (Lipinski definition) is 10. The normalized spacial score (nSPS) is 22.7. The first kappa shape index (κ1) is 45.1.